The number of benzene rings is 8. The van der Waals surface area contributed by atoms with Crippen LogP contribution in [0.1, 0.15) is 52.8 Å². The molecule has 0 aliphatic rings. The van der Waals surface area contributed by atoms with E-state index in [9.17, 15) is 10.1 Å². The summed E-state index contributed by atoms with van der Waals surface area (Å²) in [5.41, 5.74) is 8.86. The smallest absolute Gasteiger partial charge is 0.269 e. The molecule has 0 radical (unpaired) electrons. The maximum atomic E-state index is 11.3. The molecular formula is C63H63N3O9. The van der Waals surface area contributed by atoms with Gasteiger partial charge in [0.25, 0.3) is 5.69 Å². The Hall–Kier alpha value is -8.90. The average molecular weight is 1010 g/mol. The molecule has 8 aromatic rings. The maximum Gasteiger partial charge on any atom is 0.269 e. The Morgan fingerprint density at radius 2 is 0.880 bits per heavy atom. The number of anilines is 2. The minimum Gasteiger partial charge on any atom is -0.493 e. The van der Waals surface area contributed by atoms with Crippen molar-refractivity contribution in [3.05, 3.63) is 250 Å². The Balaban J connectivity index is 1.09. The number of non-ortho nitro benzene ring substituents is 1. The zero-order valence-corrected chi connectivity index (χ0v) is 42.8. The molecule has 0 bridgehead atoms. The van der Waals surface area contributed by atoms with Gasteiger partial charge in [0.1, 0.15) is 68.4 Å². The molecule has 0 saturated carbocycles. The van der Waals surface area contributed by atoms with Gasteiger partial charge in [-0.1, -0.05) is 122 Å². The van der Waals surface area contributed by atoms with E-state index in [1.807, 2.05) is 115 Å². The summed E-state index contributed by atoms with van der Waals surface area (Å²) in [6, 6.07) is 60.8. The molecule has 0 aliphatic heterocycles. The average Bonchev–Trinajstić information content (AvgIpc) is 3.46. The first kappa shape index (κ1) is 52.4. The highest BCUT2D eigenvalue weighted by atomic mass is 16.6. The van der Waals surface area contributed by atoms with Gasteiger partial charge >= 0.3 is 0 Å². The molecule has 8 rings (SSSR count). The normalized spacial score (nSPS) is 10.8. The third-order valence-electron chi connectivity index (χ3n) is 12.3. The molecule has 0 saturated heterocycles. The van der Waals surface area contributed by atoms with Crippen molar-refractivity contribution < 1.29 is 38.1 Å². The van der Waals surface area contributed by atoms with Crippen LogP contribution in [0.2, 0.25) is 0 Å². The van der Waals surface area contributed by atoms with Gasteiger partial charge in [-0.3, -0.25) is 10.1 Å². The molecule has 0 amide bonds. The predicted octanol–water partition coefficient (Wildman–Crippen LogP) is 14.1. The molecule has 0 atom stereocenters. The zero-order chi connectivity index (χ0) is 52.2. The van der Waals surface area contributed by atoms with Crippen molar-refractivity contribution in [2.24, 2.45) is 0 Å². The number of hydrogen-bond acceptors (Lipinski definition) is 11. The number of rotatable bonds is 28. The standard InChI is InChI=1S/C63H63N3O9/c1-5-33-70-62-32-25-52(38-63(62)69-4)46-75-60-31-24-51(37-58(60)64(6-2)40-47-17-11-8-12-18-47)45-74-61-30-23-50(44-71-55-28-26-54(27-29-55)66(67)68)36-59(61)65(7-3)41-53-34-56(72-42-48-19-13-9-14-20-48)39-57(35-53)73-43-49-21-15-10-16-22-49/h5,8-32,34-39H,1,6-7,33,40-46H2,2-4H3. The number of hydrogen-bond donors (Lipinski definition) is 0. The predicted molar refractivity (Wildman–Crippen MR) is 296 cm³/mol. The molecule has 0 spiro atoms. The van der Waals surface area contributed by atoms with E-state index < -0.39 is 4.92 Å². The largest absolute Gasteiger partial charge is 0.493 e. The molecule has 12 heteroatoms. The van der Waals surface area contributed by atoms with E-state index in [0.717, 1.165) is 57.0 Å². The fraction of sp³-hybridized carbons (Fsp3) is 0.206. The third kappa shape index (κ3) is 15.1. The summed E-state index contributed by atoms with van der Waals surface area (Å²) in [6.45, 7) is 12.5. The number of methoxy groups -OCH3 is 1. The molecular weight excluding hydrogens is 943 g/mol. The van der Waals surface area contributed by atoms with Crippen LogP contribution in [0.25, 0.3) is 0 Å². The van der Waals surface area contributed by atoms with Crippen LogP contribution in [0.4, 0.5) is 17.1 Å². The van der Waals surface area contributed by atoms with Crippen LogP contribution in [-0.2, 0) is 46.1 Å². The molecule has 0 unspecified atom stereocenters. The summed E-state index contributed by atoms with van der Waals surface area (Å²) in [7, 11) is 1.62. The van der Waals surface area contributed by atoms with Crippen LogP contribution < -0.4 is 43.0 Å². The van der Waals surface area contributed by atoms with Crippen molar-refractivity contribution >= 4 is 17.1 Å². The summed E-state index contributed by atoms with van der Waals surface area (Å²) < 4.78 is 43.9. The lowest BCUT2D eigenvalue weighted by Crippen LogP contribution is -2.23. The van der Waals surface area contributed by atoms with Crippen LogP contribution >= 0.6 is 0 Å². The van der Waals surface area contributed by atoms with Gasteiger partial charge in [-0.15, -0.1) is 0 Å². The highest BCUT2D eigenvalue weighted by Crippen LogP contribution is 2.37. The lowest BCUT2D eigenvalue weighted by atomic mass is 10.1. The van der Waals surface area contributed by atoms with E-state index in [0.29, 0.717) is 80.6 Å². The van der Waals surface area contributed by atoms with Crippen molar-refractivity contribution in [2.75, 3.05) is 36.6 Å². The second kappa shape index (κ2) is 26.7. The molecule has 8 aromatic carbocycles. The lowest BCUT2D eigenvalue weighted by Gasteiger charge is -2.28. The summed E-state index contributed by atoms with van der Waals surface area (Å²) in [5.74, 6) is 4.59. The molecule has 0 aromatic heterocycles. The Kier molecular flexibility index (Phi) is 18.7. The molecule has 0 N–H and O–H groups in total. The Bertz CT molecular complexity index is 3020. The first-order valence-corrected chi connectivity index (χ1v) is 25.1. The minimum absolute atomic E-state index is 0.00129. The van der Waals surface area contributed by atoms with Crippen molar-refractivity contribution in [1.82, 2.24) is 0 Å². The number of nitrogens with zero attached hydrogens (tertiary/aromatic N) is 3. The summed E-state index contributed by atoms with van der Waals surface area (Å²) >= 11 is 0. The van der Waals surface area contributed by atoms with E-state index in [1.54, 1.807) is 25.3 Å². The van der Waals surface area contributed by atoms with E-state index in [2.05, 4.69) is 78.8 Å². The first-order valence-electron chi connectivity index (χ1n) is 25.1. The summed E-state index contributed by atoms with van der Waals surface area (Å²) in [4.78, 5) is 15.5. The van der Waals surface area contributed by atoms with Crippen molar-refractivity contribution in [2.45, 2.75) is 60.0 Å². The molecule has 0 aliphatic carbocycles. The van der Waals surface area contributed by atoms with Crippen LogP contribution in [-0.4, -0.2) is 31.7 Å². The van der Waals surface area contributed by atoms with Gasteiger partial charge < -0.3 is 43.0 Å². The number of nitro groups is 1. The third-order valence-corrected chi connectivity index (χ3v) is 12.3. The summed E-state index contributed by atoms with van der Waals surface area (Å²) in [6.07, 6.45) is 1.70. The molecule has 0 fully saturated rings. The second-order valence-corrected chi connectivity index (χ2v) is 17.7. The van der Waals surface area contributed by atoms with E-state index in [4.69, 9.17) is 33.2 Å². The first-order chi connectivity index (χ1) is 36.8. The van der Waals surface area contributed by atoms with Crippen LogP contribution in [0.5, 0.6) is 40.2 Å². The number of ether oxygens (including phenoxy) is 7. The molecule has 0 heterocycles. The van der Waals surface area contributed by atoms with Gasteiger partial charge in [0.2, 0.25) is 0 Å². The highest BCUT2D eigenvalue weighted by Gasteiger charge is 2.19. The SMILES string of the molecule is C=CCOc1ccc(COc2ccc(COc3ccc(COc4ccc([N+](=O)[O-])cc4)cc3N(CC)Cc3cc(OCc4ccccc4)cc(OCc4ccccc4)c3)cc2N(CC)Cc2ccccc2)cc1OC. The van der Waals surface area contributed by atoms with Gasteiger partial charge in [-0.25, -0.2) is 0 Å². The fourth-order valence-corrected chi connectivity index (χ4v) is 8.40. The Labute approximate surface area is 440 Å². The van der Waals surface area contributed by atoms with E-state index >= 15 is 0 Å². The van der Waals surface area contributed by atoms with Crippen molar-refractivity contribution in [3.63, 3.8) is 0 Å². The van der Waals surface area contributed by atoms with Crippen LogP contribution in [0, 0.1) is 10.1 Å². The molecule has 75 heavy (non-hydrogen) atoms. The van der Waals surface area contributed by atoms with Gasteiger partial charge in [0.05, 0.1) is 23.4 Å². The quantitative estimate of drug-likeness (QED) is 0.0265. The highest BCUT2D eigenvalue weighted by molar-refractivity contribution is 5.63. The van der Waals surface area contributed by atoms with Crippen molar-refractivity contribution in [1.29, 1.82) is 0 Å². The van der Waals surface area contributed by atoms with Gasteiger partial charge in [-0.2, -0.15) is 0 Å². The zero-order valence-electron chi connectivity index (χ0n) is 42.8. The minimum atomic E-state index is -0.424. The van der Waals surface area contributed by atoms with Gasteiger partial charge in [-0.05, 0) is 113 Å². The second-order valence-electron chi connectivity index (χ2n) is 17.7. The Morgan fingerprint density at radius 1 is 0.440 bits per heavy atom. The van der Waals surface area contributed by atoms with E-state index in [-0.39, 0.29) is 18.9 Å². The fourth-order valence-electron chi connectivity index (χ4n) is 8.40. The Morgan fingerprint density at radius 3 is 1.36 bits per heavy atom. The monoisotopic (exact) mass is 1010 g/mol. The van der Waals surface area contributed by atoms with Crippen LogP contribution in [0.15, 0.2) is 201 Å². The van der Waals surface area contributed by atoms with E-state index in [1.165, 1.54) is 17.7 Å². The number of nitro benzene ring substituents is 1. The van der Waals surface area contributed by atoms with Gasteiger partial charge in [0.15, 0.2) is 11.5 Å². The van der Waals surface area contributed by atoms with Crippen molar-refractivity contribution in [3.8, 4) is 40.2 Å². The molecule has 12 nitrogen and oxygen atoms in total. The summed E-state index contributed by atoms with van der Waals surface area (Å²) in [5, 5.41) is 11.3. The van der Waals surface area contributed by atoms with Crippen LogP contribution in [0.3, 0.4) is 0 Å². The van der Waals surface area contributed by atoms with Gasteiger partial charge in [0, 0.05) is 44.4 Å². The topological polar surface area (TPSA) is 114 Å². The maximum absolute atomic E-state index is 11.3. The molecule has 384 valence electrons. The lowest BCUT2D eigenvalue weighted by molar-refractivity contribution is -0.384.